The molecule has 0 bridgehead atoms. The van der Waals surface area contributed by atoms with Gasteiger partial charge in [-0.15, -0.1) is 0 Å². The van der Waals surface area contributed by atoms with E-state index in [4.69, 9.17) is 14.2 Å². The fourth-order valence-corrected chi connectivity index (χ4v) is 7.22. The van der Waals surface area contributed by atoms with Gasteiger partial charge in [-0.1, -0.05) is 19.8 Å². The third-order valence-electron chi connectivity index (χ3n) is 9.62. The number of piperidine rings is 1. The summed E-state index contributed by atoms with van der Waals surface area (Å²) in [7, 11) is 1.72. The number of fused-ring (bicyclic) bond motifs is 3. The first-order chi connectivity index (χ1) is 18.5. The van der Waals surface area contributed by atoms with Crippen molar-refractivity contribution in [3.8, 4) is 11.5 Å². The number of hydrogen-bond donors (Lipinski definition) is 0. The van der Waals surface area contributed by atoms with Crippen LogP contribution in [0.3, 0.4) is 0 Å². The van der Waals surface area contributed by atoms with Crippen molar-refractivity contribution in [2.24, 2.45) is 11.8 Å². The molecule has 3 unspecified atom stereocenters. The minimum absolute atomic E-state index is 0.0912. The maximum atomic E-state index is 6.43. The van der Waals surface area contributed by atoms with E-state index in [1.165, 1.54) is 70.1 Å². The molecule has 1 aromatic carbocycles. The Morgan fingerprint density at radius 1 is 1.13 bits per heavy atom. The van der Waals surface area contributed by atoms with E-state index in [2.05, 4.69) is 41.6 Å². The van der Waals surface area contributed by atoms with Gasteiger partial charge in [-0.3, -0.25) is 4.98 Å². The molecule has 0 amide bonds. The number of ether oxygens (including phenoxy) is 3. The Bertz CT molecular complexity index is 1060. The van der Waals surface area contributed by atoms with Gasteiger partial charge in [-0.2, -0.15) is 0 Å². The van der Waals surface area contributed by atoms with Crippen molar-refractivity contribution in [2.75, 3.05) is 51.4 Å². The van der Waals surface area contributed by atoms with E-state index in [0.717, 1.165) is 61.0 Å². The summed E-state index contributed by atoms with van der Waals surface area (Å²) < 4.78 is 18.0. The second-order valence-electron chi connectivity index (χ2n) is 12.1. The van der Waals surface area contributed by atoms with Gasteiger partial charge in [-0.05, 0) is 102 Å². The van der Waals surface area contributed by atoms with Crippen LogP contribution in [0.2, 0.25) is 0 Å². The predicted molar refractivity (Wildman–Crippen MR) is 156 cm³/mol. The summed E-state index contributed by atoms with van der Waals surface area (Å²) in [6.45, 7) is 13.1. The molecule has 0 spiro atoms. The normalized spacial score (nSPS) is 28.2. The van der Waals surface area contributed by atoms with Crippen LogP contribution in [0.25, 0.3) is 10.9 Å². The van der Waals surface area contributed by atoms with Gasteiger partial charge in [-0.25, -0.2) is 0 Å². The van der Waals surface area contributed by atoms with Gasteiger partial charge in [0.2, 0.25) is 0 Å². The molecule has 1 saturated heterocycles. The topological polar surface area (TPSA) is 47.1 Å². The quantitative estimate of drug-likeness (QED) is 0.345. The molecular weight excluding hydrogens is 474 g/mol. The van der Waals surface area contributed by atoms with E-state index in [1.807, 2.05) is 18.3 Å². The van der Waals surface area contributed by atoms with Crippen molar-refractivity contribution in [2.45, 2.75) is 90.2 Å². The number of benzene rings is 1. The SMILES string of the molecule is CCCOC1(C)CCCCC1CCN1CCC(CCN2CCOc3cnc4ccc(OC)cc4c32)C[C@H]1C. The van der Waals surface area contributed by atoms with Crippen LogP contribution >= 0.6 is 0 Å². The molecule has 0 radical (unpaired) electrons. The molecule has 2 aliphatic heterocycles. The van der Waals surface area contributed by atoms with Crippen LogP contribution in [0, 0.1) is 11.8 Å². The van der Waals surface area contributed by atoms with Gasteiger partial charge >= 0.3 is 0 Å². The maximum Gasteiger partial charge on any atom is 0.161 e. The monoisotopic (exact) mass is 523 g/mol. The van der Waals surface area contributed by atoms with Gasteiger partial charge in [0.15, 0.2) is 5.75 Å². The Labute approximate surface area is 230 Å². The minimum atomic E-state index is 0.0912. The maximum absolute atomic E-state index is 6.43. The van der Waals surface area contributed by atoms with Gasteiger partial charge in [0.05, 0.1) is 36.7 Å². The fourth-order valence-electron chi connectivity index (χ4n) is 7.22. The van der Waals surface area contributed by atoms with E-state index in [1.54, 1.807) is 7.11 Å². The lowest BCUT2D eigenvalue weighted by molar-refractivity contribution is -0.0998. The van der Waals surface area contributed by atoms with E-state index in [-0.39, 0.29) is 5.60 Å². The second kappa shape index (κ2) is 12.4. The second-order valence-corrected chi connectivity index (χ2v) is 12.1. The van der Waals surface area contributed by atoms with Crippen molar-refractivity contribution in [1.82, 2.24) is 9.88 Å². The first kappa shape index (κ1) is 27.5. The Balaban J connectivity index is 1.16. The number of rotatable bonds is 10. The smallest absolute Gasteiger partial charge is 0.161 e. The van der Waals surface area contributed by atoms with Gasteiger partial charge in [0, 0.05) is 24.6 Å². The molecule has 0 N–H and O–H groups in total. The Morgan fingerprint density at radius 3 is 2.84 bits per heavy atom. The minimum Gasteiger partial charge on any atom is -0.497 e. The summed E-state index contributed by atoms with van der Waals surface area (Å²) in [5, 5.41) is 1.13. The lowest BCUT2D eigenvalue weighted by atomic mass is 9.74. The molecule has 1 aliphatic carbocycles. The summed E-state index contributed by atoms with van der Waals surface area (Å²) in [5.41, 5.74) is 2.27. The molecule has 1 aromatic heterocycles. The summed E-state index contributed by atoms with van der Waals surface area (Å²) >= 11 is 0. The van der Waals surface area contributed by atoms with Crippen LogP contribution in [0.15, 0.2) is 24.4 Å². The van der Waals surface area contributed by atoms with E-state index in [0.29, 0.717) is 12.0 Å². The highest BCUT2D eigenvalue weighted by Gasteiger charge is 2.38. The number of methoxy groups -OCH3 is 1. The summed E-state index contributed by atoms with van der Waals surface area (Å²) in [6, 6.07) is 6.79. The third-order valence-corrected chi connectivity index (χ3v) is 9.62. The zero-order valence-electron chi connectivity index (χ0n) is 24.2. The Morgan fingerprint density at radius 2 is 2.03 bits per heavy atom. The van der Waals surface area contributed by atoms with Gasteiger partial charge in [0.25, 0.3) is 0 Å². The zero-order chi connectivity index (χ0) is 26.5. The number of aromatic nitrogens is 1. The number of pyridine rings is 1. The van der Waals surface area contributed by atoms with Crippen LogP contribution in [-0.4, -0.2) is 68.0 Å². The largest absolute Gasteiger partial charge is 0.497 e. The Kier molecular flexibility index (Phi) is 8.99. The van der Waals surface area contributed by atoms with Crippen LogP contribution in [0.1, 0.15) is 78.6 Å². The zero-order valence-corrected chi connectivity index (χ0v) is 24.2. The van der Waals surface area contributed by atoms with Crippen LogP contribution < -0.4 is 14.4 Å². The van der Waals surface area contributed by atoms with Crippen LogP contribution in [0.5, 0.6) is 11.5 Å². The van der Waals surface area contributed by atoms with Crippen molar-refractivity contribution in [1.29, 1.82) is 0 Å². The molecule has 3 heterocycles. The average Bonchev–Trinajstić information content (AvgIpc) is 2.94. The summed E-state index contributed by atoms with van der Waals surface area (Å²) in [4.78, 5) is 9.92. The Hall–Kier alpha value is -2.05. The van der Waals surface area contributed by atoms with Crippen LogP contribution in [0.4, 0.5) is 5.69 Å². The van der Waals surface area contributed by atoms with Crippen molar-refractivity contribution >= 4 is 16.6 Å². The molecule has 4 atom stereocenters. The van der Waals surface area contributed by atoms with Gasteiger partial charge < -0.3 is 24.0 Å². The number of nitrogens with zero attached hydrogens (tertiary/aromatic N) is 3. The van der Waals surface area contributed by atoms with Crippen LogP contribution in [-0.2, 0) is 4.74 Å². The third kappa shape index (κ3) is 6.07. The molecule has 5 rings (SSSR count). The molecule has 210 valence electrons. The van der Waals surface area contributed by atoms with Crippen molar-refractivity contribution in [3.63, 3.8) is 0 Å². The molecule has 2 aromatic rings. The molecule has 6 heteroatoms. The standard InChI is InChI=1S/C32H49N3O3/c1-5-19-38-32(3)14-7-6-8-26(32)13-17-34-15-11-25(21-24(34)2)12-16-35-18-20-37-30-23-33-29-10-9-27(36-4)22-28(29)31(30)35/h9-10,22-26H,5-8,11-21H2,1-4H3/t24-,25?,26?,32?/m1/s1. The summed E-state index contributed by atoms with van der Waals surface area (Å²) in [5.74, 6) is 3.25. The highest BCUT2D eigenvalue weighted by atomic mass is 16.5. The summed E-state index contributed by atoms with van der Waals surface area (Å²) in [6.07, 6.45) is 13.4. The molecule has 2 fully saturated rings. The molecule has 38 heavy (non-hydrogen) atoms. The first-order valence-electron chi connectivity index (χ1n) is 15.2. The van der Waals surface area contributed by atoms with Crippen molar-refractivity contribution < 1.29 is 14.2 Å². The predicted octanol–water partition coefficient (Wildman–Crippen LogP) is 6.70. The molecule has 6 nitrogen and oxygen atoms in total. The van der Waals surface area contributed by atoms with Crippen molar-refractivity contribution in [3.05, 3.63) is 24.4 Å². The molecule has 1 saturated carbocycles. The van der Waals surface area contributed by atoms with E-state index < -0.39 is 0 Å². The molecule has 3 aliphatic rings. The number of likely N-dealkylation sites (tertiary alicyclic amines) is 1. The fraction of sp³-hybridized carbons (Fsp3) is 0.719. The molecular formula is C32H49N3O3. The lowest BCUT2D eigenvalue weighted by Gasteiger charge is -2.44. The number of anilines is 1. The highest BCUT2D eigenvalue weighted by Crippen LogP contribution is 2.41. The van der Waals surface area contributed by atoms with E-state index >= 15 is 0 Å². The first-order valence-corrected chi connectivity index (χ1v) is 15.2. The lowest BCUT2D eigenvalue weighted by Crippen LogP contribution is -2.46. The highest BCUT2D eigenvalue weighted by molar-refractivity contribution is 5.96. The van der Waals surface area contributed by atoms with Gasteiger partial charge in [0.1, 0.15) is 12.4 Å². The number of hydrogen-bond acceptors (Lipinski definition) is 6. The van der Waals surface area contributed by atoms with E-state index in [9.17, 15) is 0 Å². The average molecular weight is 524 g/mol.